The van der Waals surface area contributed by atoms with E-state index in [4.69, 9.17) is 9.47 Å². The molecular weight excluding hydrogens is 306 g/mol. The molecule has 1 heterocycles. The minimum absolute atomic E-state index is 0.0109. The molecule has 130 valence electrons. The van der Waals surface area contributed by atoms with Crippen molar-refractivity contribution in [1.29, 1.82) is 0 Å². The maximum atomic E-state index is 11.6. The average Bonchev–Trinajstić information content (AvgIpc) is 2.97. The van der Waals surface area contributed by atoms with Crippen molar-refractivity contribution in [1.82, 2.24) is 9.78 Å². The Morgan fingerprint density at radius 1 is 1.17 bits per heavy atom. The highest BCUT2D eigenvalue weighted by Gasteiger charge is 2.08. The predicted octanol–water partition coefficient (Wildman–Crippen LogP) is 3.47. The number of anilines is 1. The maximum absolute atomic E-state index is 11.6. The van der Waals surface area contributed by atoms with Crippen LogP contribution >= 0.6 is 0 Å². The van der Waals surface area contributed by atoms with Crippen molar-refractivity contribution in [2.45, 2.75) is 40.2 Å². The molecule has 0 atom stereocenters. The number of nitrogens with one attached hydrogen (secondary N) is 1. The molecule has 2 rings (SSSR count). The molecule has 0 saturated heterocycles. The number of aromatic nitrogens is 2. The number of carbonyl (C=O) groups excluding carboxylic acids is 1. The molecule has 0 spiro atoms. The van der Waals surface area contributed by atoms with Crippen molar-refractivity contribution in [3.63, 3.8) is 0 Å². The molecule has 0 bridgehead atoms. The number of carbonyl (C=O) groups is 1. The summed E-state index contributed by atoms with van der Waals surface area (Å²) < 4.78 is 13.0. The highest BCUT2D eigenvalue weighted by molar-refractivity contribution is 5.90. The first-order valence-corrected chi connectivity index (χ1v) is 8.37. The molecular formula is C18H25N3O3. The largest absolute Gasteiger partial charge is 0.490 e. The third-order valence-corrected chi connectivity index (χ3v) is 3.35. The molecule has 0 aliphatic heterocycles. The van der Waals surface area contributed by atoms with E-state index in [-0.39, 0.29) is 5.91 Å². The molecule has 0 saturated carbocycles. The monoisotopic (exact) mass is 331 g/mol. The summed E-state index contributed by atoms with van der Waals surface area (Å²) in [4.78, 5) is 11.6. The fourth-order valence-electron chi connectivity index (χ4n) is 2.35. The minimum Gasteiger partial charge on any atom is -0.490 e. The van der Waals surface area contributed by atoms with E-state index in [1.165, 1.54) is 0 Å². The number of ether oxygens (including phenoxy) is 2. The molecule has 0 fully saturated rings. The van der Waals surface area contributed by atoms with Crippen molar-refractivity contribution in [3.8, 4) is 11.5 Å². The number of hydrogen-bond donors (Lipinski definition) is 1. The van der Waals surface area contributed by atoms with Gasteiger partial charge in [0.25, 0.3) is 0 Å². The number of hydrogen-bond acceptors (Lipinski definition) is 4. The lowest BCUT2D eigenvalue weighted by Crippen LogP contribution is -2.09. The van der Waals surface area contributed by atoms with Crippen LogP contribution in [0.4, 0.5) is 5.69 Å². The summed E-state index contributed by atoms with van der Waals surface area (Å²) in [6, 6.07) is 5.87. The first kappa shape index (κ1) is 17.8. The highest BCUT2D eigenvalue weighted by Crippen LogP contribution is 2.28. The molecule has 1 aromatic heterocycles. The smallest absolute Gasteiger partial charge is 0.224 e. The van der Waals surface area contributed by atoms with E-state index in [0.717, 1.165) is 23.5 Å². The van der Waals surface area contributed by atoms with Crippen molar-refractivity contribution < 1.29 is 14.3 Å². The van der Waals surface area contributed by atoms with Crippen LogP contribution in [0.25, 0.3) is 0 Å². The van der Waals surface area contributed by atoms with Gasteiger partial charge in [0.05, 0.1) is 31.6 Å². The summed E-state index contributed by atoms with van der Waals surface area (Å²) >= 11 is 0. The number of rotatable bonds is 9. The van der Waals surface area contributed by atoms with Crippen LogP contribution in [0, 0.1) is 0 Å². The average molecular weight is 331 g/mol. The van der Waals surface area contributed by atoms with E-state index in [0.29, 0.717) is 31.9 Å². The molecule has 6 nitrogen and oxygen atoms in total. The Kier molecular flexibility index (Phi) is 6.66. The van der Waals surface area contributed by atoms with Gasteiger partial charge in [0, 0.05) is 12.6 Å². The van der Waals surface area contributed by atoms with Crippen LogP contribution in [0.2, 0.25) is 0 Å². The molecule has 1 aromatic carbocycles. The molecule has 1 amide bonds. The summed E-state index contributed by atoms with van der Waals surface area (Å²) in [5.41, 5.74) is 1.76. The lowest BCUT2D eigenvalue weighted by molar-refractivity contribution is -0.116. The number of amides is 1. The molecule has 0 aliphatic carbocycles. The second-order valence-electron chi connectivity index (χ2n) is 5.37. The Morgan fingerprint density at radius 3 is 2.62 bits per heavy atom. The van der Waals surface area contributed by atoms with Gasteiger partial charge in [0.1, 0.15) is 0 Å². The van der Waals surface area contributed by atoms with Gasteiger partial charge in [-0.2, -0.15) is 5.10 Å². The van der Waals surface area contributed by atoms with Crippen LogP contribution in [-0.2, 0) is 11.3 Å². The lowest BCUT2D eigenvalue weighted by Gasteiger charge is -2.12. The summed E-state index contributed by atoms with van der Waals surface area (Å²) in [6.45, 7) is 7.64. The quantitative estimate of drug-likeness (QED) is 0.764. The molecule has 24 heavy (non-hydrogen) atoms. The molecule has 0 aliphatic rings. The first-order valence-electron chi connectivity index (χ1n) is 8.37. The zero-order valence-corrected chi connectivity index (χ0v) is 14.5. The summed E-state index contributed by atoms with van der Waals surface area (Å²) in [5.74, 6) is 1.49. The fourth-order valence-corrected chi connectivity index (χ4v) is 2.35. The first-order chi connectivity index (χ1) is 11.7. The van der Waals surface area contributed by atoms with E-state index in [1.807, 2.05) is 45.2 Å². The standard InChI is InChI=1S/C18H25N3O3/c1-4-7-18(22)20-15-11-19-21(13-15)12-14-8-9-16(23-5-2)17(10-14)24-6-3/h8-11,13H,4-7,12H2,1-3H3,(H,20,22). The summed E-state index contributed by atoms with van der Waals surface area (Å²) in [6.07, 6.45) is 4.82. The number of benzene rings is 1. The Labute approximate surface area is 142 Å². The Hall–Kier alpha value is -2.50. The highest BCUT2D eigenvalue weighted by atomic mass is 16.5. The number of nitrogens with zero attached hydrogens (tertiary/aromatic N) is 2. The topological polar surface area (TPSA) is 65.4 Å². The zero-order chi connectivity index (χ0) is 17.4. The summed E-state index contributed by atoms with van der Waals surface area (Å²) in [5, 5.41) is 7.13. The Bertz CT molecular complexity index is 667. The molecule has 0 radical (unpaired) electrons. The van der Waals surface area contributed by atoms with Crippen LogP contribution in [0.5, 0.6) is 11.5 Å². The van der Waals surface area contributed by atoms with Gasteiger partial charge in [0.2, 0.25) is 5.91 Å². The van der Waals surface area contributed by atoms with Gasteiger partial charge in [-0.25, -0.2) is 0 Å². The maximum Gasteiger partial charge on any atom is 0.224 e. The van der Waals surface area contributed by atoms with Gasteiger partial charge >= 0.3 is 0 Å². The third kappa shape index (κ3) is 5.01. The van der Waals surface area contributed by atoms with Crippen LogP contribution in [0.1, 0.15) is 39.2 Å². The lowest BCUT2D eigenvalue weighted by atomic mass is 10.2. The van der Waals surface area contributed by atoms with Gasteiger partial charge < -0.3 is 14.8 Å². The van der Waals surface area contributed by atoms with E-state index < -0.39 is 0 Å². The predicted molar refractivity (Wildman–Crippen MR) is 93.6 cm³/mol. The normalized spacial score (nSPS) is 10.5. The van der Waals surface area contributed by atoms with E-state index in [9.17, 15) is 4.79 Å². The van der Waals surface area contributed by atoms with Crippen molar-refractivity contribution in [2.24, 2.45) is 0 Å². The third-order valence-electron chi connectivity index (χ3n) is 3.35. The van der Waals surface area contributed by atoms with Gasteiger partial charge in [-0.3, -0.25) is 9.48 Å². The van der Waals surface area contributed by atoms with Crippen LogP contribution < -0.4 is 14.8 Å². The Balaban J connectivity index is 2.06. The van der Waals surface area contributed by atoms with Gasteiger partial charge in [-0.05, 0) is 38.0 Å². The molecule has 0 unspecified atom stereocenters. The SMILES string of the molecule is CCCC(=O)Nc1cnn(Cc2ccc(OCC)c(OCC)c2)c1. The van der Waals surface area contributed by atoms with E-state index >= 15 is 0 Å². The second-order valence-corrected chi connectivity index (χ2v) is 5.37. The Morgan fingerprint density at radius 2 is 1.92 bits per heavy atom. The van der Waals surface area contributed by atoms with Crippen molar-refractivity contribution in [3.05, 3.63) is 36.2 Å². The van der Waals surface area contributed by atoms with Crippen LogP contribution in [-0.4, -0.2) is 28.9 Å². The van der Waals surface area contributed by atoms with E-state index in [2.05, 4.69) is 10.4 Å². The van der Waals surface area contributed by atoms with Crippen LogP contribution in [0.3, 0.4) is 0 Å². The second kappa shape index (κ2) is 8.96. The van der Waals surface area contributed by atoms with Gasteiger partial charge in [0.15, 0.2) is 11.5 Å². The fraction of sp³-hybridized carbons (Fsp3) is 0.444. The molecule has 1 N–H and O–H groups in total. The summed E-state index contributed by atoms with van der Waals surface area (Å²) in [7, 11) is 0. The molecule has 6 heteroatoms. The zero-order valence-electron chi connectivity index (χ0n) is 14.5. The van der Waals surface area contributed by atoms with E-state index in [1.54, 1.807) is 10.9 Å². The van der Waals surface area contributed by atoms with Gasteiger partial charge in [-0.15, -0.1) is 0 Å². The van der Waals surface area contributed by atoms with Crippen molar-refractivity contribution >= 4 is 11.6 Å². The minimum atomic E-state index is 0.0109. The van der Waals surface area contributed by atoms with Gasteiger partial charge in [-0.1, -0.05) is 13.0 Å². The molecule has 2 aromatic rings. The van der Waals surface area contributed by atoms with Crippen molar-refractivity contribution in [2.75, 3.05) is 18.5 Å². The van der Waals surface area contributed by atoms with Crippen LogP contribution in [0.15, 0.2) is 30.6 Å².